The number of aryl methyl sites for hydroxylation is 3. The van der Waals surface area contributed by atoms with Crippen molar-refractivity contribution in [1.82, 2.24) is 15.3 Å². The topological polar surface area (TPSA) is 74.2 Å². The molecule has 1 saturated carbocycles. The zero-order valence-corrected chi connectivity index (χ0v) is 17.9. The van der Waals surface area contributed by atoms with Crippen LogP contribution in [0.2, 0.25) is 5.02 Å². The predicted molar refractivity (Wildman–Crippen MR) is 120 cm³/mol. The Kier molecular flexibility index (Phi) is 6.80. The van der Waals surface area contributed by atoms with Gasteiger partial charge >= 0.3 is 0 Å². The molecule has 0 atom stereocenters. The third kappa shape index (κ3) is 5.62. The van der Waals surface area contributed by atoms with Crippen LogP contribution in [0, 0.1) is 20.8 Å². The van der Waals surface area contributed by atoms with Crippen LogP contribution in [0.15, 0.2) is 29.3 Å². The molecule has 2 aromatic rings. The van der Waals surface area contributed by atoms with Crippen molar-refractivity contribution in [1.29, 1.82) is 0 Å². The molecule has 6 nitrogen and oxygen atoms in total. The zero-order valence-electron chi connectivity index (χ0n) is 16.3. The Bertz CT molecular complexity index is 872. The van der Waals surface area contributed by atoms with Gasteiger partial charge in [0, 0.05) is 11.4 Å². The molecule has 0 aliphatic heterocycles. The van der Waals surface area contributed by atoms with E-state index in [9.17, 15) is 0 Å². The third-order valence-corrected chi connectivity index (χ3v) is 5.23. The lowest BCUT2D eigenvalue weighted by molar-refractivity contribution is 0.703. The van der Waals surface area contributed by atoms with Crippen LogP contribution in [0.5, 0.6) is 0 Å². The number of nitrogens with zero attached hydrogens (tertiary/aromatic N) is 3. The highest BCUT2D eigenvalue weighted by Crippen LogP contribution is 2.25. The number of aliphatic imine (C=N–C) groups is 1. The molecule has 1 heterocycles. The van der Waals surface area contributed by atoms with Gasteiger partial charge < -0.3 is 10.6 Å². The van der Waals surface area contributed by atoms with E-state index in [0.29, 0.717) is 22.0 Å². The summed E-state index contributed by atoms with van der Waals surface area (Å²) >= 11 is 11.8. The summed E-state index contributed by atoms with van der Waals surface area (Å²) in [5.74, 6) is 1.04. The molecule has 0 spiro atoms. The number of hydrogen-bond acceptors (Lipinski definition) is 4. The highest BCUT2D eigenvalue weighted by atomic mass is 35.5. The third-order valence-electron chi connectivity index (χ3n) is 4.52. The van der Waals surface area contributed by atoms with Gasteiger partial charge in [-0.2, -0.15) is 0 Å². The van der Waals surface area contributed by atoms with Gasteiger partial charge in [0.1, 0.15) is 0 Å². The average molecular weight is 417 g/mol. The van der Waals surface area contributed by atoms with Gasteiger partial charge in [-0.25, -0.2) is 15.0 Å². The smallest absolute Gasteiger partial charge is 0.229 e. The fourth-order valence-electron chi connectivity index (χ4n) is 3.20. The molecule has 0 bridgehead atoms. The van der Waals surface area contributed by atoms with Gasteiger partial charge in [0.25, 0.3) is 0 Å². The van der Waals surface area contributed by atoms with E-state index in [1.54, 1.807) is 0 Å². The molecule has 1 fully saturated rings. The Labute approximate surface area is 176 Å². The van der Waals surface area contributed by atoms with Crippen molar-refractivity contribution in [2.24, 2.45) is 4.99 Å². The Morgan fingerprint density at radius 3 is 2.46 bits per heavy atom. The van der Waals surface area contributed by atoms with E-state index in [4.69, 9.17) is 28.8 Å². The number of benzene rings is 1. The molecule has 0 radical (unpaired) electrons. The summed E-state index contributed by atoms with van der Waals surface area (Å²) in [5.41, 5.74) is 3.52. The zero-order chi connectivity index (χ0) is 20.1. The fourth-order valence-corrected chi connectivity index (χ4v) is 3.58. The molecule has 28 heavy (non-hydrogen) atoms. The van der Waals surface area contributed by atoms with Gasteiger partial charge in [-0.1, -0.05) is 36.6 Å². The van der Waals surface area contributed by atoms with Gasteiger partial charge in [-0.15, -0.1) is 0 Å². The molecule has 3 N–H and O–H groups in total. The number of thiocarbonyl (C=S) groups is 1. The van der Waals surface area contributed by atoms with E-state index in [1.165, 1.54) is 12.8 Å². The maximum Gasteiger partial charge on any atom is 0.229 e. The number of hydrogen-bond donors (Lipinski definition) is 3. The highest BCUT2D eigenvalue weighted by molar-refractivity contribution is 7.80. The molecule has 0 unspecified atom stereocenters. The van der Waals surface area contributed by atoms with Crippen molar-refractivity contribution in [3.8, 4) is 0 Å². The first-order chi connectivity index (χ1) is 13.4. The van der Waals surface area contributed by atoms with Gasteiger partial charge in [0.2, 0.25) is 11.9 Å². The maximum absolute atomic E-state index is 6.36. The number of rotatable bonds is 3. The van der Waals surface area contributed by atoms with E-state index in [2.05, 4.69) is 25.9 Å². The first-order valence-corrected chi connectivity index (χ1v) is 10.2. The minimum absolute atomic E-state index is 0.270. The Balaban J connectivity index is 1.76. The van der Waals surface area contributed by atoms with Gasteiger partial charge in [0.05, 0.1) is 16.8 Å². The van der Waals surface area contributed by atoms with Crippen LogP contribution in [-0.2, 0) is 0 Å². The van der Waals surface area contributed by atoms with Crippen molar-refractivity contribution >= 4 is 46.5 Å². The van der Waals surface area contributed by atoms with Crippen LogP contribution in [-0.4, -0.2) is 27.1 Å². The summed E-state index contributed by atoms with van der Waals surface area (Å²) in [6.45, 7) is 5.83. The van der Waals surface area contributed by atoms with Crippen LogP contribution in [0.4, 0.5) is 11.6 Å². The summed E-state index contributed by atoms with van der Waals surface area (Å²) in [7, 11) is 0. The molecule has 3 rings (SSSR count). The van der Waals surface area contributed by atoms with Crippen molar-refractivity contribution in [2.45, 2.75) is 52.5 Å². The first-order valence-electron chi connectivity index (χ1n) is 9.41. The van der Waals surface area contributed by atoms with Crippen LogP contribution in [0.3, 0.4) is 0 Å². The quantitative estimate of drug-likeness (QED) is 0.381. The second kappa shape index (κ2) is 9.30. The Morgan fingerprint density at radius 2 is 1.79 bits per heavy atom. The normalized spacial score (nSPS) is 14.8. The van der Waals surface area contributed by atoms with E-state index >= 15 is 0 Å². The summed E-state index contributed by atoms with van der Waals surface area (Å²) in [4.78, 5) is 13.7. The van der Waals surface area contributed by atoms with Crippen molar-refractivity contribution in [3.05, 3.63) is 46.2 Å². The highest BCUT2D eigenvalue weighted by Gasteiger charge is 2.16. The summed E-state index contributed by atoms with van der Waals surface area (Å²) in [6.07, 6.45) is 4.54. The van der Waals surface area contributed by atoms with E-state index in [1.807, 2.05) is 45.0 Å². The number of halogens is 1. The molecule has 1 aromatic heterocycles. The number of nitrogens with one attached hydrogen (secondary N) is 3. The molecule has 0 saturated heterocycles. The molecule has 148 valence electrons. The standard InChI is InChI=1S/C20H25ClN6S/c1-12-7-6-10-16(17(12)21)25-20(28)27-19(24-15-8-4-5-9-15)26-18-22-13(2)11-14(3)23-18/h6-7,10-11,15H,4-5,8-9H2,1-3H3,(H3,22,23,24,25,26,27,28). The lowest BCUT2D eigenvalue weighted by Crippen LogP contribution is -2.40. The molecule has 1 aliphatic rings. The second-order valence-electron chi connectivity index (χ2n) is 7.03. The largest absolute Gasteiger partial charge is 0.331 e. The van der Waals surface area contributed by atoms with Gasteiger partial charge in [-0.3, -0.25) is 5.32 Å². The van der Waals surface area contributed by atoms with E-state index in [0.717, 1.165) is 35.5 Å². The molecule has 0 amide bonds. The van der Waals surface area contributed by atoms with Crippen LogP contribution >= 0.6 is 23.8 Å². The Morgan fingerprint density at radius 1 is 1.11 bits per heavy atom. The molecular weight excluding hydrogens is 392 g/mol. The number of guanidine groups is 1. The van der Waals surface area contributed by atoms with Crippen LogP contribution < -0.4 is 16.0 Å². The van der Waals surface area contributed by atoms with Crippen molar-refractivity contribution in [3.63, 3.8) is 0 Å². The minimum atomic E-state index is 0.270. The molecule has 1 aromatic carbocycles. The molecule has 8 heteroatoms. The SMILES string of the molecule is Cc1cc(C)nc(NC(=NC2CCCC2)NC(=S)Nc2cccc(C)c2Cl)n1. The summed E-state index contributed by atoms with van der Waals surface area (Å²) < 4.78 is 0. The van der Waals surface area contributed by atoms with Crippen molar-refractivity contribution in [2.75, 3.05) is 10.6 Å². The lowest BCUT2D eigenvalue weighted by atomic mass is 10.2. The number of aromatic nitrogens is 2. The van der Waals surface area contributed by atoms with Gasteiger partial charge in [0.15, 0.2) is 5.11 Å². The Hall–Kier alpha value is -2.25. The first kappa shape index (κ1) is 20.5. The predicted octanol–water partition coefficient (Wildman–Crippen LogP) is 4.75. The maximum atomic E-state index is 6.36. The van der Waals surface area contributed by atoms with Gasteiger partial charge in [-0.05, 0) is 63.5 Å². The summed E-state index contributed by atoms with van der Waals surface area (Å²) in [5, 5.41) is 10.5. The monoisotopic (exact) mass is 416 g/mol. The summed E-state index contributed by atoms with van der Waals surface area (Å²) in [6, 6.07) is 7.97. The average Bonchev–Trinajstić information content (AvgIpc) is 3.11. The minimum Gasteiger partial charge on any atom is -0.331 e. The van der Waals surface area contributed by atoms with Crippen LogP contribution in [0.1, 0.15) is 42.6 Å². The van der Waals surface area contributed by atoms with E-state index < -0.39 is 0 Å². The van der Waals surface area contributed by atoms with Crippen molar-refractivity contribution < 1.29 is 0 Å². The fraction of sp³-hybridized carbons (Fsp3) is 0.400. The van der Waals surface area contributed by atoms with E-state index in [-0.39, 0.29) is 6.04 Å². The second-order valence-corrected chi connectivity index (χ2v) is 7.82. The van der Waals surface area contributed by atoms with Crippen LogP contribution in [0.25, 0.3) is 0 Å². The lowest BCUT2D eigenvalue weighted by Gasteiger charge is -2.16. The molecule has 1 aliphatic carbocycles. The number of anilines is 2. The molecular formula is C20H25ClN6S.